The largest absolute Gasteiger partial charge is 0.497 e. The summed E-state index contributed by atoms with van der Waals surface area (Å²) >= 11 is 6.41. The molecule has 0 bridgehead atoms. The molecule has 1 fully saturated rings. The van der Waals surface area contributed by atoms with Crippen molar-refractivity contribution < 1.29 is 14.3 Å². The molecule has 1 N–H and O–H groups in total. The first-order chi connectivity index (χ1) is 18.0. The second kappa shape index (κ2) is 13.3. The van der Waals surface area contributed by atoms with Crippen LogP contribution in [0.5, 0.6) is 5.75 Å². The van der Waals surface area contributed by atoms with Gasteiger partial charge in [0.15, 0.2) is 0 Å². The van der Waals surface area contributed by atoms with E-state index in [0.29, 0.717) is 17.2 Å². The maximum atomic E-state index is 13.9. The molecule has 0 aromatic heterocycles. The van der Waals surface area contributed by atoms with Gasteiger partial charge in [0.25, 0.3) is 0 Å². The molecule has 1 aliphatic rings. The Kier molecular flexibility index (Phi) is 9.61. The van der Waals surface area contributed by atoms with Gasteiger partial charge in [0.05, 0.1) is 13.5 Å². The van der Waals surface area contributed by atoms with Gasteiger partial charge in [-0.25, -0.2) is 0 Å². The third-order valence-corrected chi connectivity index (χ3v) is 7.38. The summed E-state index contributed by atoms with van der Waals surface area (Å²) in [5, 5.41) is 3.82. The lowest BCUT2D eigenvalue weighted by Gasteiger charge is -2.33. The van der Waals surface area contributed by atoms with Gasteiger partial charge in [0, 0.05) is 24.0 Å². The lowest BCUT2D eigenvalue weighted by atomic mass is 9.94. The maximum Gasteiger partial charge on any atom is 0.243 e. The van der Waals surface area contributed by atoms with Gasteiger partial charge in [-0.05, 0) is 47.7 Å². The number of ether oxygens (including phenoxy) is 1. The van der Waals surface area contributed by atoms with Crippen LogP contribution in [0.4, 0.5) is 0 Å². The maximum absolute atomic E-state index is 13.9. The second-order valence-electron chi connectivity index (χ2n) is 9.69. The van der Waals surface area contributed by atoms with Crippen molar-refractivity contribution >= 4 is 23.4 Å². The molecular weight excluding hydrogens is 484 g/mol. The van der Waals surface area contributed by atoms with Crippen LogP contribution < -0.4 is 10.1 Å². The molecule has 1 atom stereocenters. The minimum Gasteiger partial charge on any atom is -0.497 e. The number of hydrogen-bond acceptors (Lipinski definition) is 3. The molecule has 3 aromatic carbocycles. The molecule has 6 heteroatoms. The molecule has 0 saturated heterocycles. The third-order valence-electron chi connectivity index (χ3n) is 7.01. The lowest BCUT2D eigenvalue weighted by molar-refractivity contribution is -0.141. The molecule has 1 aliphatic carbocycles. The van der Waals surface area contributed by atoms with Crippen molar-refractivity contribution in [2.75, 3.05) is 7.11 Å². The monoisotopic (exact) mass is 518 g/mol. The van der Waals surface area contributed by atoms with Crippen molar-refractivity contribution in [3.63, 3.8) is 0 Å². The van der Waals surface area contributed by atoms with Crippen LogP contribution in [0.15, 0.2) is 78.9 Å². The first-order valence-electron chi connectivity index (χ1n) is 13.0. The molecule has 5 nitrogen and oxygen atoms in total. The Morgan fingerprint density at radius 1 is 0.946 bits per heavy atom. The fourth-order valence-corrected chi connectivity index (χ4v) is 5.17. The molecule has 0 spiro atoms. The number of nitrogens with zero attached hydrogens (tertiary/aromatic N) is 1. The highest BCUT2D eigenvalue weighted by Gasteiger charge is 2.32. The molecule has 1 saturated carbocycles. The lowest BCUT2D eigenvalue weighted by Crippen LogP contribution is -2.53. The first kappa shape index (κ1) is 26.7. The van der Waals surface area contributed by atoms with Gasteiger partial charge >= 0.3 is 0 Å². The van der Waals surface area contributed by atoms with Crippen molar-refractivity contribution in [2.24, 2.45) is 0 Å². The van der Waals surface area contributed by atoms with Crippen LogP contribution in [0.3, 0.4) is 0 Å². The Hall–Kier alpha value is -3.31. The summed E-state index contributed by atoms with van der Waals surface area (Å²) < 4.78 is 5.41. The number of nitrogens with one attached hydrogen (secondary N) is 1. The van der Waals surface area contributed by atoms with Gasteiger partial charge in [-0.1, -0.05) is 91.5 Å². The van der Waals surface area contributed by atoms with Crippen LogP contribution in [0.1, 0.15) is 48.8 Å². The van der Waals surface area contributed by atoms with Crippen LogP contribution in [0.25, 0.3) is 0 Å². The Balaban J connectivity index is 1.67. The number of carbonyl (C=O) groups is 2. The van der Waals surface area contributed by atoms with Crippen molar-refractivity contribution in [1.82, 2.24) is 10.2 Å². The van der Waals surface area contributed by atoms with E-state index in [-0.39, 0.29) is 30.8 Å². The van der Waals surface area contributed by atoms with E-state index < -0.39 is 6.04 Å². The second-order valence-corrected chi connectivity index (χ2v) is 10.1. The fourth-order valence-electron chi connectivity index (χ4n) is 4.97. The summed E-state index contributed by atoms with van der Waals surface area (Å²) in [6, 6.07) is 24.4. The highest BCUT2D eigenvalue weighted by atomic mass is 35.5. The van der Waals surface area contributed by atoms with E-state index >= 15 is 0 Å². The van der Waals surface area contributed by atoms with E-state index in [1.165, 1.54) is 6.42 Å². The van der Waals surface area contributed by atoms with E-state index in [1.807, 2.05) is 72.8 Å². The van der Waals surface area contributed by atoms with Crippen molar-refractivity contribution in [1.29, 1.82) is 0 Å². The Morgan fingerprint density at radius 3 is 2.38 bits per heavy atom. The molecule has 0 radical (unpaired) electrons. The predicted octanol–water partition coefficient (Wildman–Crippen LogP) is 5.98. The molecule has 0 heterocycles. The summed E-state index contributed by atoms with van der Waals surface area (Å²) in [5.41, 5.74) is 2.65. The molecular formula is C31H35ClN2O3. The van der Waals surface area contributed by atoms with Gasteiger partial charge in [-0.15, -0.1) is 0 Å². The smallest absolute Gasteiger partial charge is 0.243 e. The van der Waals surface area contributed by atoms with Crippen LogP contribution >= 0.6 is 11.6 Å². The molecule has 194 valence electrons. The van der Waals surface area contributed by atoms with E-state index in [2.05, 4.69) is 5.32 Å². The highest BCUT2D eigenvalue weighted by molar-refractivity contribution is 6.31. The van der Waals surface area contributed by atoms with Crippen LogP contribution in [0, 0.1) is 0 Å². The summed E-state index contributed by atoms with van der Waals surface area (Å²) in [4.78, 5) is 29.5. The average molecular weight is 519 g/mol. The van der Waals surface area contributed by atoms with Crippen molar-refractivity contribution in [3.05, 3.63) is 101 Å². The van der Waals surface area contributed by atoms with Gasteiger partial charge in [0.2, 0.25) is 11.8 Å². The zero-order chi connectivity index (χ0) is 26.0. The standard InChI is InChI=1S/C31H35ClN2O3/c1-37-27-17-10-13-24(19-27)22-34(30(35)21-25-14-8-9-18-28(25)32)29(20-23-11-4-2-5-12-23)31(36)33-26-15-6-3-7-16-26/h2,4-5,8-14,17-19,26,29H,3,6-7,15-16,20-22H2,1H3,(H,33,36)/t29-/m1/s1. The SMILES string of the molecule is COc1cccc(CN(C(=O)Cc2ccccc2Cl)[C@H](Cc2ccccc2)C(=O)NC2CCCCC2)c1. The zero-order valence-electron chi connectivity index (χ0n) is 21.4. The Bertz CT molecular complexity index is 1180. The van der Waals surface area contributed by atoms with Crippen LogP contribution in [-0.2, 0) is 29.0 Å². The fraction of sp³-hybridized carbons (Fsp3) is 0.355. The van der Waals surface area contributed by atoms with Crippen LogP contribution in [0.2, 0.25) is 5.02 Å². The summed E-state index contributed by atoms with van der Waals surface area (Å²) in [6.45, 7) is 0.288. The summed E-state index contributed by atoms with van der Waals surface area (Å²) in [7, 11) is 1.62. The van der Waals surface area contributed by atoms with Gasteiger partial charge in [-0.2, -0.15) is 0 Å². The number of carbonyl (C=O) groups excluding carboxylic acids is 2. The highest BCUT2D eigenvalue weighted by Crippen LogP contribution is 2.23. The quantitative estimate of drug-likeness (QED) is 0.359. The van der Waals surface area contributed by atoms with Gasteiger partial charge in [0.1, 0.15) is 11.8 Å². The molecule has 37 heavy (non-hydrogen) atoms. The number of amides is 2. The number of methoxy groups -OCH3 is 1. The van der Waals surface area contributed by atoms with E-state index in [1.54, 1.807) is 18.1 Å². The average Bonchev–Trinajstić information content (AvgIpc) is 2.93. The Morgan fingerprint density at radius 2 is 1.65 bits per heavy atom. The number of rotatable bonds is 10. The summed E-state index contributed by atoms with van der Waals surface area (Å²) in [5.74, 6) is 0.462. The van der Waals surface area contributed by atoms with E-state index in [4.69, 9.17) is 16.3 Å². The minimum absolute atomic E-state index is 0.105. The number of hydrogen-bond donors (Lipinski definition) is 1. The molecule has 3 aromatic rings. The predicted molar refractivity (Wildman–Crippen MR) is 148 cm³/mol. The summed E-state index contributed by atoms with van der Waals surface area (Å²) in [6.07, 6.45) is 5.95. The van der Waals surface area contributed by atoms with Crippen LogP contribution in [-0.4, -0.2) is 35.9 Å². The normalized spacial score (nSPS) is 14.5. The molecule has 4 rings (SSSR count). The van der Waals surface area contributed by atoms with E-state index in [9.17, 15) is 9.59 Å². The third kappa shape index (κ3) is 7.59. The van der Waals surface area contributed by atoms with Crippen molar-refractivity contribution in [2.45, 2.75) is 63.6 Å². The Labute approximate surface area is 224 Å². The zero-order valence-corrected chi connectivity index (χ0v) is 22.1. The molecule has 0 aliphatic heterocycles. The number of halogens is 1. The van der Waals surface area contributed by atoms with E-state index in [0.717, 1.165) is 42.4 Å². The topological polar surface area (TPSA) is 58.6 Å². The van der Waals surface area contributed by atoms with Crippen molar-refractivity contribution in [3.8, 4) is 5.75 Å². The first-order valence-corrected chi connectivity index (χ1v) is 13.4. The number of benzene rings is 3. The molecule has 0 unspecified atom stereocenters. The van der Waals surface area contributed by atoms with Gasteiger partial charge in [-0.3, -0.25) is 9.59 Å². The van der Waals surface area contributed by atoms with Gasteiger partial charge < -0.3 is 15.0 Å². The molecule has 2 amide bonds. The minimum atomic E-state index is -0.662.